The van der Waals surface area contributed by atoms with E-state index in [1.54, 1.807) is 19.1 Å². The first-order valence-corrected chi connectivity index (χ1v) is 10.6. The lowest BCUT2D eigenvalue weighted by atomic mass is 9.42. The van der Waals surface area contributed by atoms with Gasteiger partial charge in [0.1, 0.15) is 6.29 Å². The van der Waals surface area contributed by atoms with E-state index in [0.29, 0.717) is 13.0 Å². The SMILES string of the molecule is CCOC(=O)CCC12c3ccccc3C(c3ccccc31)C1C(=O)C=CC(C=O)C12. The third-order valence-corrected chi connectivity index (χ3v) is 7.28. The molecule has 2 bridgehead atoms. The van der Waals surface area contributed by atoms with E-state index in [1.807, 2.05) is 24.3 Å². The number of benzene rings is 2. The van der Waals surface area contributed by atoms with Crippen molar-refractivity contribution in [2.75, 3.05) is 6.61 Å². The molecule has 0 amide bonds. The molecule has 4 heteroatoms. The fourth-order valence-corrected chi connectivity index (χ4v) is 6.37. The van der Waals surface area contributed by atoms with Gasteiger partial charge in [-0.2, -0.15) is 0 Å². The number of esters is 1. The van der Waals surface area contributed by atoms with Crippen molar-refractivity contribution in [1.82, 2.24) is 0 Å². The van der Waals surface area contributed by atoms with Gasteiger partial charge in [0, 0.05) is 29.6 Å². The zero-order valence-corrected chi connectivity index (χ0v) is 16.9. The number of rotatable bonds is 5. The number of carbonyl (C=O) groups excluding carboxylic acids is 3. The molecule has 0 N–H and O–H groups in total. The first-order valence-electron chi connectivity index (χ1n) is 10.6. The summed E-state index contributed by atoms with van der Waals surface area (Å²) in [5.74, 6) is -1.08. The van der Waals surface area contributed by atoms with Crippen LogP contribution in [-0.2, 0) is 24.5 Å². The summed E-state index contributed by atoms with van der Waals surface area (Å²) in [5.41, 5.74) is 4.01. The maximum Gasteiger partial charge on any atom is 0.305 e. The molecule has 152 valence electrons. The van der Waals surface area contributed by atoms with Crippen LogP contribution in [0.3, 0.4) is 0 Å². The van der Waals surface area contributed by atoms with Gasteiger partial charge < -0.3 is 9.53 Å². The van der Waals surface area contributed by atoms with Crippen LogP contribution >= 0.6 is 0 Å². The minimum atomic E-state index is -0.578. The lowest BCUT2D eigenvalue weighted by Gasteiger charge is -2.59. The zero-order valence-electron chi connectivity index (χ0n) is 16.9. The Kier molecular flexibility index (Phi) is 4.46. The molecule has 0 saturated carbocycles. The van der Waals surface area contributed by atoms with Crippen molar-refractivity contribution >= 4 is 18.0 Å². The van der Waals surface area contributed by atoms with E-state index in [4.69, 9.17) is 4.74 Å². The number of hydrogen-bond acceptors (Lipinski definition) is 4. The molecule has 0 radical (unpaired) electrons. The minimum absolute atomic E-state index is 0.0632. The molecule has 3 atom stereocenters. The van der Waals surface area contributed by atoms with Crippen molar-refractivity contribution in [2.45, 2.75) is 31.1 Å². The van der Waals surface area contributed by atoms with E-state index in [0.717, 1.165) is 28.5 Å². The normalized spacial score (nSPS) is 30.2. The Bertz CT molecular complexity index is 1020. The Morgan fingerprint density at radius 2 is 1.70 bits per heavy atom. The molecule has 2 aromatic rings. The first-order chi connectivity index (χ1) is 14.6. The molecular formula is C26H24O4. The predicted octanol–water partition coefficient (Wildman–Crippen LogP) is 3.96. The molecule has 30 heavy (non-hydrogen) atoms. The van der Waals surface area contributed by atoms with Gasteiger partial charge in [0.2, 0.25) is 0 Å². The summed E-state index contributed by atoms with van der Waals surface area (Å²) in [6, 6.07) is 16.5. The van der Waals surface area contributed by atoms with E-state index in [1.165, 1.54) is 0 Å². The van der Waals surface area contributed by atoms with Crippen molar-refractivity contribution in [3.05, 3.63) is 82.9 Å². The highest BCUT2D eigenvalue weighted by molar-refractivity contribution is 5.97. The molecule has 0 aromatic heterocycles. The lowest BCUT2D eigenvalue weighted by Crippen LogP contribution is -2.57. The molecule has 4 aliphatic carbocycles. The predicted molar refractivity (Wildman–Crippen MR) is 112 cm³/mol. The molecule has 0 aliphatic heterocycles. The van der Waals surface area contributed by atoms with Crippen molar-refractivity contribution in [2.24, 2.45) is 17.8 Å². The molecule has 0 saturated heterocycles. The third-order valence-electron chi connectivity index (χ3n) is 7.28. The van der Waals surface area contributed by atoms with Crippen LogP contribution < -0.4 is 0 Å². The molecule has 0 heterocycles. The second kappa shape index (κ2) is 7.05. The first kappa shape index (κ1) is 19.0. The van der Waals surface area contributed by atoms with E-state index >= 15 is 0 Å². The fraction of sp³-hybridized carbons (Fsp3) is 0.346. The molecular weight excluding hydrogens is 376 g/mol. The van der Waals surface area contributed by atoms with Gasteiger partial charge in [-0.3, -0.25) is 9.59 Å². The summed E-state index contributed by atoms with van der Waals surface area (Å²) in [7, 11) is 0. The van der Waals surface area contributed by atoms with Crippen LogP contribution in [0.4, 0.5) is 0 Å². The van der Waals surface area contributed by atoms with Gasteiger partial charge >= 0.3 is 5.97 Å². The number of aldehydes is 1. The number of carbonyl (C=O) groups is 3. The molecule has 6 rings (SSSR count). The average molecular weight is 400 g/mol. The molecule has 0 spiro atoms. The molecule has 4 nitrogen and oxygen atoms in total. The monoisotopic (exact) mass is 400 g/mol. The highest BCUT2D eigenvalue weighted by Gasteiger charge is 2.62. The van der Waals surface area contributed by atoms with Crippen molar-refractivity contribution in [3.8, 4) is 0 Å². The topological polar surface area (TPSA) is 60.4 Å². The maximum absolute atomic E-state index is 13.2. The fourth-order valence-electron chi connectivity index (χ4n) is 6.37. The highest BCUT2D eigenvalue weighted by Crippen LogP contribution is 2.65. The van der Waals surface area contributed by atoms with Gasteiger partial charge in [0.15, 0.2) is 5.78 Å². The number of ether oxygens (including phenoxy) is 1. The van der Waals surface area contributed by atoms with Crippen LogP contribution in [0.1, 0.15) is 47.9 Å². The van der Waals surface area contributed by atoms with Crippen molar-refractivity contribution < 1.29 is 19.1 Å². The molecule has 4 aliphatic rings. The van der Waals surface area contributed by atoms with Crippen LogP contribution in [-0.4, -0.2) is 24.6 Å². The highest BCUT2D eigenvalue weighted by atomic mass is 16.5. The third kappa shape index (κ3) is 2.43. The Morgan fingerprint density at radius 1 is 1.07 bits per heavy atom. The molecule has 3 unspecified atom stereocenters. The van der Waals surface area contributed by atoms with E-state index in [2.05, 4.69) is 24.3 Å². The van der Waals surface area contributed by atoms with Crippen LogP contribution in [0, 0.1) is 17.8 Å². The summed E-state index contributed by atoms with van der Waals surface area (Å²) >= 11 is 0. The maximum atomic E-state index is 13.2. The van der Waals surface area contributed by atoms with Crippen LogP contribution in [0.25, 0.3) is 0 Å². The Balaban J connectivity index is 1.79. The van der Waals surface area contributed by atoms with Crippen LogP contribution in [0.2, 0.25) is 0 Å². The van der Waals surface area contributed by atoms with Crippen molar-refractivity contribution in [3.63, 3.8) is 0 Å². The average Bonchev–Trinajstić information content (AvgIpc) is 2.78. The largest absolute Gasteiger partial charge is 0.466 e. The summed E-state index contributed by atoms with van der Waals surface area (Å²) in [5, 5.41) is 0. The number of ketones is 1. The van der Waals surface area contributed by atoms with E-state index < -0.39 is 5.41 Å². The summed E-state index contributed by atoms with van der Waals surface area (Å²) in [4.78, 5) is 37.7. The summed E-state index contributed by atoms with van der Waals surface area (Å²) < 4.78 is 5.23. The second-order valence-electron chi connectivity index (χ2n) is 8.46. The van der Waals surface area contributed by atoms with E-state index in [-0.39, 0.29) is 41.8 Å². The van der Waals surface area contributed by atoms with Crippen molar-refractivity contribution in [1.29, 1.82) is 0 Å². The minimum Gasteiger partial charge on any atom is -0.466 e. The Hall–Kier alpha value is -3.01. The zero-order chi connectivity index (χ0) is 20.9. The molecule has 2 aromatic carbocycles. The standard InChI is InChI=1S/C26H24O4/c1-2-30-22(29)13-14-26-19-9-5-3-7-17(19)23(18-8-4-6-10-20(18)26)24-21(28)12-11-16(15-27)25(24)26/h3-12,15-16,23-25H,2,13-14H2,1H3. The van der Waals surface area contributed by atoms with Gasteiger partial charge in [0.05, 0.1) is 6.61 Å². The smallest absolute Gasteiger partial charge is 0.305 e. The van der Waals surface area contributed by atoms with Gasteiger partial charge in [0.25, 0.3) is 0 Å². The second-order valence-corrected chi connectivity index (χ2v) is 8.46. The summed E-state index contributed by atoms with van der Waals surface area (Å²) in [6.45, 7) is 2.14. The molecule has 0 fully saturated rings. The Labute approximate surface area is 175 Å². The number of hydrogen-bond donors (Lipinski definition) is 0. The van der Waals surface area contributed by atoms with Gasteiger partial charge in [-0.05, 0) is 47.6 Å². The Morgan fingerprint density at radius 3 is 2.30 bits per heavy atom. The lowest BCUT2D eigenvalue weighted by molar-refractivity contribution is -0.143. The van der Waals surface area contributed by atoms with Crippen LogP contribution in [0.5, 0.6) is 0 Å². The quantitative estimate of drug-likeness (QED) is 0.563. The van der Waals surface area contributed by atoms with E-state index in [9.17, 15) is 14.4 Å². The van der Waals surface area contributed by atoms with Gasteiger partial charge in [-0.1, -0.05) is 54.6 Å². The van der Waals surface area contributed by atoms with Gasteiger partial charge in [-0.15, -0.1) is 0 Å². The summed E-state index contributed by atoms with van der Waals surface area (Å²) in [6.07, 6.45) is 5.07. The van der Waals surface area contributed by atoms with Gasteiger partial charge in [-0.25, -0.2) is 0 Å². The van der Waals surface area contributed by atoms with Crippen LogP contribution in [0.15, 0.2) is 60.7 Å². The number of allylic oxidation sites excluding steroid dienone is 2.